The molecule has 1 aliphatic carbocycles. The molecule has 0 saturated heterocycles. The predicted molar refractivity (Wildman–Crippen MR) is 118 cm³/mol. The molecule has 5 nitrogen and oxygen atoms in total. The Balaban J connectivity index is 1.64. The molecule has 3 rings (SSSR count). The maximum absolute atomic E-state index is 13.0. The normalized spacial score (nSPS) is 14.9. The molecule has 160 valence electrons. The Morgan fingerprint density at radius 3 is 2.40 bits per heavy atom. The lowest BCUT2D eigenvalue weighted by Crippen LogP contribution is -2.51. The lowest BCUT2D eigenvalue weighted by atomic mass is 10.1. The van der Waals surface area contributed by atoms with Crippen LogP contribution in [0.5, 0.6) is 5.75 Å². The summed E-state index contributed by atoms with van der Waals surface area (Å²) in [7, 11) is 0. The minimum atomic E-state index is -0.538. The van der Waals surface area contributed by atoms with Crippen LogP contribution in [0.3, 0.4) is 0 Å². The quantitative estimate of drug-likeness (QED) is 0.685. The van der Waals surface area contributed by atoms with Gasteiger partial charge >= 0.3 is 0 Å². The van der Waals surface area contributed by atoms with Gasteiger partial charge in [-0.15, -0.1) is 0 Å². The molecule has 1 atom stereocenters. The fraction of sp³-hybridized carbons (Fsp3) is 0.440. The van der Waals surface area contributed by atoms with Crippen molar-refractivity contribution in [2.45, 2.75) is 58.0 Å². The minimum absolute atomic E-state index is 0.0844. The van der Waals surface area contributed by atoms with Gasteiger partial charge in [-0.1, -0.05) is 60.9 Å². The summed E-state index contributed by atoms with van der Waals surface area (Å²) in [6, 6.07) is 17.3. The van der Waals surface area contributed by atoms with Gasteiger partial charge in [-0.25, -0.2) is 0 Å². The molecule has 5 heteroatoms. The highest BCUT2D eigenvalue weighted by Crippen LogP contribution is 2.18. The Labute approximate surface area is 179 Å². The maximum Gasteiger partial charge on any atom is 0.261 e. The third kappa shape index (κ3) is 6.34. The molecule has 0 aliphatic heterocycles. The number of aryl methyl sites for hydroxylation is 1. The van der Waals surface area contributed by atoms with Gasteiger partial charge in [-0.3, -0.25) is 9.59 Å². The van der Waals surface area contributed by atoms with E-state index in [1.807, 2.05) is 61.5 Å². The molecule has 30 heavy (non-hydrogen) atoms. The number of nitrogens with one attached hydrogen (secondary N) is 1. The first-order chi connectivity index (χ1) is 14.5. The van der Waals surface area contributed by atoms with Gasteiger partial charge in [0.05, 0.1) is 0 Å². The molecule has 0 unspecified atom stereocenters. The van der Waals surface area contributed by atoms with Crippen molar-refractivity contribution >= 4 is 11.8 Å². The third-order valence-electron chi connectivity index (χ3n) is 5.74. The number of rotatable bonds is 9. The average Bonchev–Trinajstić information content (AvgIpc) is 3.27. The van der Waals surface area contributed by atoms with Crippen molar-refractivity contribution in [3.05, 3.63) is 65.7 Å². The van der Waals surface area contributed by atoms with E-state index in [0.717, 1.165) is 36.8 Å². The SMILES string of the molecule is Cc1ccc(OCC(=O)N(CCc2ccccc2)[C@H](C)C(=O)NC2CCCC2)cc1. The number of ether oxygens (including phenoxy) is 1. The number of carbonyl (C=O) groups excluding carboxylic acids is 2. The molecule has 0 bridgehead atoms. The van der Waals surface area contributed by atoms with E-state index in [4.69, 9.17) is 4.74 Å². The van der Waals surface area contributed by atoms with Gasteiger partial charge in [0.25, 0.3) is 5.91 Å². The molecule has 2 aromatic carbocycles. The number of amides is 2. The van der Waals surface area contributed by atoms with Gasteiger partial charge in [0.15, 0.2) is 6.61 Å². The van der Waals surface area contributed by atoms with Crippen molar-refractivity contribution in [2.24, 2.45) is 0 Å². The van der Waals surface area contributed by atoms with Crippen LogP contribution in [0.2, 0.25) is 0 Å². The van der Waals surface area contributed by atoms with E-state index in [2.05, 4.69) is 5.32 Å². The second-order valence-electron chi connectivity index (χ2n) is 8.09. The first-order valence-electron chi connectivity index (χ1n) is 10.9. The monoisotopic (exact) mass is 408 g/mol. The van der Waals surface area contributed by atoms with Gasteiger partial charge in [0, 0.05) is 12.6 Å². The molecular weight excluding hydrogens is 376 g/mol. The van der Waals surface area contributed by atoms with Crippen molar-refractivity contribution in [3.8, 4) is 5.75 Å². The standard InChI is InChI=1S/C25H32N2O3/c1-19-12-14-23(15-13-19)30-18-24(28)27(17-16-21-8-4-3-5-9-21)20(2)25(29)26-22-10-6-7-11-22/h3-5,8-9,12-15,20,22H,6-7,10-11,16-18H2,1-2H3,(H,26,29)/t20-/m1/s1. The largest absolute Gasteiger partial charge is 0.484 e. The molecule has 2 amide bonds. The summed E-state index contributed by atoms with van der Waals surface area (Å²) >= 11 is 0. The highest BCUT2D eigenvalue weighted by molar-refractivity contribution is 5.88. The summed E-state index contributed by atoms with van der Waals surface area (Å²) in [5, 5.41) is 3.12. The Hall–Kier alpha value is -2.82. The van der Waals surface area contributed by atoms with Crippen LogP contribution in [0, 0.1) is 6.92 Å². The maximum atomic E-state index is 13.0. The van der Waals surface area contributed by atoms with Gasteiger partial charge in [0.1, 0.15) is 11.8 Å². The van der Waals surface area contributed by atoms with E-state index < -0.39 is 6.04 Å². The molecule has 1 aliphatic rings. The van der Waals surface area contributed by atoms with E-state index in [1.54, 1.807) is 11.8 Å². The topological polar surface area (TPSA) is 58.6 Å². The number of hydrogen-bond acceptors (Lipinski definition) is 3. The van der Waals surface area contributed by atoms with Crippen molar-refractivity contribution in [1.29, 1.82) is 0 Å². The summed E-state index contributed by atoms with van der Waals surface area (Å²) in [5.41, 5.74) is 2.27. The van der Waals surface area contributed by atoms with Crippen molar-refractivity contribution in [2.75, 3.05) is 13.2 Å². The molecule has 0 heterocycles. The Morgan fingerprint density at radius 2 is 1.73 bits per heavy atom. The minimum Gasteiger partial charge on any atom is -0.484 e. The number of benzene rings is 2. The number of hydrogen-bond donors (Lipinski definition) is 1. The highest BCUT2D eigenvalue weighted by Gasteiger charge is 2.28. The van der Waals surface area contributed by atoms with Crippen LogP contribution in [-0.4, -0.2) is 41.9 Å². The van der Waals surface area contributed by atoms with Crippen LogP contribution >= 0.6 is 0 Å². The molecule has 1 N–H and O–H groups in total. The molecule has 1 fully saturated rings. The summed E-state index contributed by atoms with van der Waals surface area (Å²) in [4.78, 5) is 27.5. The van der Waals surface area contributed by atoms with Gasteiger partial charge in [-0.05, 0) is 50.8 Å². The van der Waals surface area contributed by atoms with E-state index in [0.29, 0.717) is 18.7 Å². The predicted octanol–water partition coefficient (Wildman–Crippen LogP) is 3.89. The summed E-state index contributed by atoms with van der Waals surface area (Å²) in [5.74, 6) is 0.388. The van der Waals surface area contributed by atoms with Crippen LogP contribution in [0.15, 0.2) is 54.6 Å². The summed E-state index contributed by atoms with van der Waals surface area (Å²) in [6.07, 6.45) is 5.04. The Bertz CT molecular complexity index is 814. The first-order valence-corrected chi connectivity index (χ1v) is 10.9. The smallest absolute Gasteiger partial charge is 0.261 e. The van der Waals surface area contributed by atoms with Crippen LogP contribution in [0.4, 0.5) is 0 Å². The molecule has 1 saturated carbocycles. The van der Waals surface area contributed by atoms with Crippen LogP contribution in [0.1, 0.15) is 43.7 Å². The molecular formula is C25H32N2O3. The van der Waals surface area contributed by atoms with Crippen molar-refractivity contribution in [3.63, 3.8) is 0 Å². The second kappa shape index (κ2) is 10.8. The summed E-state index contributed by atoms with van der Waals surface area (Å²) in [6.45, 7) is 4.20. The van der Waals surface area contributed by atoms with E-state index in [-0.39, 0.29) is 24.5 Å². The zero-order valence-corrected chi connectivity index (χ0v) is 18.0. The van der Waals surface area contributed by atoms with Crippen molar-refractivity contribution in [1.82, 2.24) is 10.2 Å². The number of carbonyl (C=O) groups is 2. The fourth-order valence-electron chi connectivity index (χ4n) is 3.82. The fourth-order valence-corrected chi connectivity index (χ4v) is 3.82. The molecule has 0 spiro atoms. The second-order valence-corrected chi connectivity index (χ2v) is 8.09. The average molecular weight is 409 g/mol. The lowest BCUT2D eigenvalue weighted by molar-refractivity contribution is -0.141. The Morgan fingerprint density at radius 1 is 1.07 bits per heavy atom. The van der Waals surface area contributed by atoms with Gasteiger partial charge in [-0.2, -0.15) is 0 Å². The van der Waals surface area contributed by atoms with Crippen LogP contribution in [-0.2, 0) is 16.0 Å². The zero-order chi connectivity index (χ0) is 21.3. The van der Waals surface area contributed by atoms with E-state index in [9.17, 15) is 9.59 Å². The van der Waals surface area contributed by atoms with Crippen molar-refractivity contribution < 1.29 is 14.3 Å². The molecule has 2 aromatic rings. The van der Waals surface area contributed by atoms with Gasteiger partial charge < -0.3 is 15.0 Å². The van der Waals surface area contributed by atoms with Gasteiger partial charge in [0.2, 0.25) is 5.91 Å². The lowest BCUT2D eigenvalue weighted by Gasteiger charge is -2.29. The molecule has 0 aromatic heterocycles. The van der Waals surface area contributed by atoms with E-state index in [1.165, 1.54) is 0 Å². The third-order valence-corrected chi connectivity index (χ3v) is 5.74. The summed E-state index contributed by atoms with van der Waals surface area (Å²) < 4.78 is 5.70. The highest BCUT2D eigenvalue weighted by atomic mass is 16.5. The zero-order valence-electron chi connectivity index (χ0n) is 18.0. The first kappa shape index (κ1) is 21.9. The number of nitrogens with zero attached hydrogens (tertiary/aromatic N) is 1. The van der Waals surface area contributed by atoms with Crippen LogP contribution < -0.4 is 10.1 Å². The molecule has 0 radical (unpaired) electrons. The van der Waals surface area contributed by atoms with E-state index >= 15 is 0 Å². The Kier molecular flexibility index (Phi) is 7.89. The van der Waals surface area contributed by atoms with Crippen LogP contribution in [0.25, 0.3) is 0 Å².